The van der Waals surface area contributed by atoms with Crippen LogP contribution in [0.4, 0.5) is 0 Å². The molecule has 1 aliphatic rings. The van der Waals surface area contributed by atoms with Crippen molar-refractivity contribution in [2.45, 2.75) is 25.8 Å². The van der Waals surface area contributed by atoms with E-state index in [1.54, 1.807) is 0 Å². The summed E-state index contributed by atoms with van der Waals surface area (Å²) in [4.78, 5) is 0. The second-order valence-electron chi connectivity index (χ2n) is 2.69. The van der Waals surface area contributed by atoms with Gasteiger partial charge in [0.15, 0.2) is 0 Å². The van der Waals surface area contributed by atoms with Crippen LogP contribution < -0.4 is 5.32 Å². The molecule has 0 bridgehead atoms. The molecule has 1 aliphatic heterocycles. The van der Waals surface area contributed by atoms with Gasteiger partial charge in [-0.05, 0) is 31.3 Å². The van der Waals surface area contributed by atoms with Gasteiger partial charge in [-0.15, -0.1) is 5.92 Å². The average molecular weight is 169 g/mol. The smallest absolute Gasteiger partial charge is 0.0578 e. The molecule has 62 valence electrons. The van der Waals surface area contributed by atoms with E-state index in [1.165, 1.54) is 24.3 Å². The maximum Gasteiger partial charge on any atom is 0.0578 e. The van der Waals surface area contributed by atoms with E-state index in [9.17, 15) is 0 Å². The third kappa shape index (κ3) is 3.69. The minimum Gasteiger partial charge on any atom is -0.303 e. The van der Waals surface area contributed by atoms with Crippen LogP contribution in [-0.4, -0.2) is 24.1 Å². The Morgan fingerprint density at radius 1 is 1.45 bits per heavy atom. The van der Waals surface area contributed by atoms with Gasteiger partial charge in [0.05, 0.1) is 6.54 Å². The molecule has 0 atom stereocenters. The molecule has 1 heterocycles. The first-order valence-corrected chi connectivity index (χ1v) is 5.29. The molecule has 0 aromatic heterocycles. The average Bonchev–Trinajstić information content (AvgIpc) is 2.07. The summed E-state index contributed by atoms with van der Waals surface area (Å²) in [6, 6.07) is 0.733. The first-order valence-electron chi connectivity index (χ1n) is 4.14. The van der Waals surface area contributed by atoms with Crippen LogP contribution in [0.3, 0.4) is 0 Å². The van der Waals surface area contributed by atoms with Gasteiger partial charge in [-0.1, -0.05) is 5.92 Å². The molecule has 1 fully saturated rings. The SMILES string of the molecule is CC#CCNC1CCSCC1. The molecule has 2 heteroatoms. The summed E-state index contributed by atoms with van der Waals surface area (Å²) in [5.74, 6) is 8.55. The second-order valence-corrected chi connectivity index (χ2v) is 3.92. The van der Waals surface area contributed by atoms with Crippen LogP contribution in [0.1, 0.15) is 19.8 Å². The summed E-state index contributed by atoms with van der Waals surface area (Å²) in [6.45, 7) is 2.75. The Bertz CT molecular complexity index is 151. The zero-order chi connectivity index (χ0) is 7.94. The molecule has 0 radical (unpaired) electrons. The molecule has 0 unspecified atom stereocenters. The van der Waals surface area contributed by atoms with Crippen molar-refractivity contribution in [1.82, 2.24) is 5.32 Å². The van der Waals surface area contributed by atoms with Crippen molar-refractivity contribution >= 4 is 11.8 Å². The lowest BCUT2D eigenvalue weighted by atomic mass is 10.1. The summed E-state index contributed by atoms with van der Waals surface area (Å²) in [7, 11) is 0. The fourth-order valence-electron chi connectivity index (χ4n) is 1.19. The van der Waals surface area contributed by atoms with E-state index in [4.69, 9.17) is 0 Å². The molecule has 0 aliphatic carbocycles. The zero-order valence-corrected chi connectivity index (χ0v) is 7.84. The van der Waals surface area contributed by atoms with Gasteiger partial charge in [0.2, 0.25) is 0 Å². The normalized spacial score (nSPS) is 19.0. The van der Waals surface area contributed by atoms with Gasteiger partial charge in [-0.25, -0.2) is 0 Å². The van der Waals surface area contributed by atoms with Gasteiger partial charge in [0.25, 0.3) is 0 Å². The van der Waals surface area contributed by atoms with Crippen LogP contribution in [0.25, 0.3) is 0 Å². The number of hydrogen-bond donors (Lipinski definition) is 1. The summed E-state index contributed by atoms with van der Waals surface area (Å²) in [5.41, 5.74) is 0. The van der Waals surface area contributed by atoms with Gasteiger partial charge in [-0.2, -0.15) is 11.8 Å². The Labute approximate surface area is 73.3 Å². The molecule has 0 saturated carbocycles. The van der Waals surface area contributed by atoms with Gasteiger partial charge in [0, 0.05) is 6.04 Å². The number of rotatable bonds is 2. The Morgan fingerprint density at radius 3 is 2.82 bits per heavy atom. The third-order valence-corrected chi connectivity index (χ3v) is 2.93. The highest BCUT2D eigenvalue weighted by molar-refractivity contribution is 7.99. The van der Waals surface area contributed by atoms with Gasteiger partial charge in [0.1, 0.15) is 0 Å². The van der Waals surface area contributed by atoms with Crippen LogP contribution in [-0.2, 0) is 0 Å². The predicted molar refractivity (Wildman–Crippen MR) is 51.8 cm³/mol. The van der Waals surface area contributed by atoms with Crippen molar-refractivity contribution in [2.24, 2.45) is 0 Å². The molecule has 0 amide bonds. The summed E-state index contributed by atoms with van der Waals surface area (Å²) < 4.78 is 0. The Balaban J connectivity index is 2.08. The van der Waals surface area contributed by atoms with Crippen LogP contribution in [0.5, 0.6) is 0 Å². The van der Waals surface area contributed by atoms with Crippen molar-refractivity contribution in [2.75, 3.05) is 18.1 Å². The molecule has 1 rings (SSSR count). The minimum absolute atomic E-state index is 0.733. The molecule has 1 N–H and O–H groups in total. The number of thioether (sulfide) groups is 1. The van der Waals surface area contributed by atoms with Crippen LogP contribution in [0, 0.1) is 11.8 Å². The van der Waals surface area contributed by atoms with E-state index in [2.05, 4.69) is 28.9 Å². The fraction of sp³-hybridized carbons (Fsp3) is 0.778. The van der Waals surface area contributed by atoms with Crippen molar-refractivity contribution in [1.29, 1.82) is 0 Å². The maximum atomic E-state index is 3.44. The first-order chi connectivity index (χ1) is 5.43. The van der Waals surface area contributed by atoms with Crippen LogP contribution in [0.2, 0.25) is 0 Å². The van der Waals surface area contributed by atoms with Gasteiger partial charge in [-0.3, -0.25) is 0 Å². The van der Waals surface area contributed by atoms with E-state index in [-0.39, 0.29) is 0 Å². The molecular weight excluding hydrogens is 154 g/mol. The fourth-order valence-corrected chi connectivity index (χ4v) is 2.29. The summed E-state index contributed by atoms with van der Waals surface area (Å²) >= 11 is 2.06. The Morgan fingerprint density at radius 2 is 2.18 bits per heavy atom. The molecule has 0 aromatic carbocycles. The second kappa shape index (κ2) is 5.51. The quantitative estimate of drug-likeness (QED) is 0.629. The Hall–Kier alpha value is -0.130. The first kappa shape index (κ1) is 8.96. The lowest BCUT2D eigenvalue weighted by Gasteiger charge is -2.21. The Kier molecular flexibility index (Phi) is 4.49. The highest BCUT2D eigenvalue weighted by Crippen LogP contribution is 2.16. The standard InChI is InChI=1S/C9H15NS/c1-2-3-6-10-9-4-7-11-8-5-9/h9-10H,4-8H2,1H3. The van der Waals surface area contributed by atoms with E-state index >= 15 is 0 Å². The maximum absolute atomic E-state index is 3.44. The van der Waals surface area contributed by atoms with Crippen molar-refractivity contribution in [3.63, 3.8) is 0 Å². The lowest BCUT2D eigenvalue weighted by Crippen LogP contribution is -2.32. The number of hydrogen-bond acceptors (Lipinski definition) is 2. The minimum atomic E-state index is 0.733. The van der Waals surface area contributed by atoms with Gasteiger partial charge < -0.3 is 5.32 Å². The highest BCUT2D eigenvalue weighted by atomic mass is 32.2. The summed E-state index contributed by atoms with van der Waals surface area (Å²) in [5, 5.41) is 3.44. The van der Waals surface area contributed by atoms with E-state index < -0.39 is 0 Å². The molecule has 0 aromatic rings. The third-order valence-electron chi connectivity index (χ3n) is 1.88. The monoisotopic (exact) mass is 169 g/mol. The summed E-state index contributed by atoms with van der Waals surface area (Å²) in [6.07, 6.45) is 2.63. The van der Waals surface area contributed by atoms with E-state index in [0.717, 1.165) is 12.6 Å². The number of nitrogens with one attached hydrogen (secondary N) is 1. The van der Waals surface area contributed by atoms with Crippen molar-refractivity contribution in [3.05, 3.63) is 0 Å². The van der Waals surface area contributed by atoms with E-state index in [0.29, 0.717) is 0 Å². The molecule has 11 heavy (non-hydrogen) atoms. The van der Waals surface area contributed by atoms with Crippen LogP contribution in [0.15, 0.2) is 0 Å². The molecule has 0 spiro atoms. The zero-order valence-electron chi connectivity index (χ0n) is 7.02. The topological polar surface area (TPSA) is 12.0 Å². The van der Waals surface area contributed by atoms with E-state index in [1.807, 2.05) is 6.92 Å². The largest absolute Gasteiger partial charge is 0.303 e. The molecule has 1 saturated heterocycles. The lowest BCUT2D eigenvalue weighted by molar-refractivity contribution is 0.511. The van der Waals surface area contributed by atoms with Crippen molar-refractivity contribution in [3.8, 4) is 11.8 Å². The molecule has 1 nitrogen and oxygen atoms in total. The molecular formula is C9H15NS. The predicted octanol–water partition coefficient (Wildman–Crippen LogP) is 1.49. The van der Waals surface area contributed by atoms with Crippen molar-refractivity contribution < 1.29 is 0 Å². The van der Waals surface area contributed by atoms with Gasteiger partial charge >= 0.3 is 0 Å². The van der Waals surface area contributed by atoms with Crippen LogP contribution >= 0.6 is 11.8 Å². The highest BCUT2D eigenvalue weighted by Gasteiger charge is 2.11.